The third kappa shape index (κ3) is 2.89. The molecule has 0 saturated heterocycles. The van der Waals surface area contributed by atoms with Gasteiger partial charge in [0.25, 0.3) is 0 Å². The average Bonchev–Trinajstić information content (AvgIpc) is 3.12. The molecule has 0 saturated carbocycles. The van der Waals surface area contributed by atoms with Gasteiger partial charge in [-0.2, -0.15) is 0 Å². The molecule has 26 heavy (non-hydrogen) atoms. The van der Waals surface area contributed by atoms with Crippen LogP contribution in [0.4, 0.5) is 0 Å². The second-order valence-corrected chi connectivity index (χ2v) is 6.27. The van der Waals surface area contributed by atoms with Gasteiger partial charge in [0.1, 0.15) is 5.69 Å². The second kappa shape index (κ2) is 6.89. The highest BCUT2D eigenvalue weighted by Gasteiger charge is 2.16. The highest BCUT2D eigenvalue weighted by atomic mass is 32.1. The summed E-state index contributed by atoms with van der Waals surface area (Å²) >= 11 is 1.40. The molecule has 0 aliphatic rings. The van der Waals surface area contributed by atoms with Gasteiger partial charge in [-0.15, -0.1) is 11.3 Å². The van der Waals surface area contributed by atoms with Crippen LogP contribution in [0.1, 0.15) is 11.3 Å². The van der Waals surface area contributed by atoms with Gasteiger partial charge in [0.15, 0.2) is 4.96 Å². The molecular weight excluding hydrogens is 348 g/mol. The highest BCUT2D eigenvalue weighted by Crippen LogP contribution is 2.26. The van der Waals surface area contributed by atoms with E-state index in [-0.39, 0.29) is 11.3 Å². The summed E-state index contributed by atoms with van der Waals surface area (Å²) in [5, 5.41) is 1.90. The molecule has 0 radical (unpaired) electrons. The zero-order chi connectivity index (χ0) is 17.9. The van der Waals surface area contributed by atoms with Crippen LogP contribution >= 0.6 is 11.3 Å². The maximum atomic E-state index is 13.0. The highest BCUT2D eigenvalue weighted by molar-refractivity contribution is 7.15. The van der Waals surface area contributed by atoms with Gasteiger partial charge in [0.05, 0.1) is 12.8 Å². The van der Waals surface area contributed by atoms with E-state index in [0.717, 1.165) is 16.8 Å². The average molecular weight is 362 g/mol. The number of methoxy groups -OCH3 is 1. The molecule has 4 aromatic heterocycles. The summed E-state index contributed by atoms with van der Waals surface area (Å²) in [7, 11) is 1.47. The van der Waals surface area contributed by atoms with E-state index in [2.05, 4.69) is 15.0 Å². The molecule has 0 atom stereocenters. The fourth-order valence-corrected chi connectivity index (χ4v) is 3.52. The molecule has 4 rings (SSSR count). The lowest BCUT2D eigenvalue weighted by Crippen LogP contribution is -2.18. The van der Waals surface area contributed by atoms with Crippen LogP contribution < -0.4 is 10.3 Å². The fourth-order valence-electron chi connectivity index (χ4n) is 2.62. The molecule has 0 N–H and O–H groups in total. The van der Waals surface area contributed by atoms with Crippen LogP contribution in [0, 0.1) is 0 Å². The maximum Gasteiger partial charge on any atom is 0.302 e. The lowest BCUT2D eigenvalue weighted by molar-refractivity contribution is 0.404. The van der Waals surface area contributed by atoms with Crippen molar-refractivity contribution in [1.82, 2.24) is 19.4 Å². The topological polar surface area (TPSA) is 69.4 Å². The molecule has 0 spiro atoms. The molecule has 0 amide bonds. The number of pyridine rings is 2. The van der Waals surface area contributed by atoms with E-state index in [0.29, 0.717) is 10.7 Å². The smallest absolute Gasteiger partial charge is 0.302 e. The zero-order valence-electron chi connectivity index (χ0n) is 13.9. The van der Waals surface area contributed by atoms with E-state index in [1.165, 1.54) is 18.4 Å². The molecule has 6 nitrogen and oxygen atoms in total. The number of thiazole rings is 1. The molecule has 0 bridgehead atoms. The van der Waals surface area contributed by atoms with Crippen molar-refractivity contribution in [2.75, 3.05) is 7.11 Å². The zero-order valence-corrected chi connectivity index (χ0v) is 14.7. The first-order valence-electron chi connectivity index (χ1n) is 7.84. The third-order valence-electron chi connectivity index (χ3n) is 3.83. The van der Waals surface area contributed by atoms with Crippen molar-refractivity contribution >= 4 is 28.4 Å². The Morgan fingerprint density at radius 2 is 1.92 bits per heavy atom. The van der Waals surface area contributed by atoms with E-state index < -0.39 is 0 Å². The lowest BCUT2D eigenvalue weighted by atomic mass is 10.2. The van der Waals surface area contributed by atoms with E-state index in [1.54, 1.807) is 35.3 Å². The number of nitrogens with zero attached hydrogens (tertiary/aromatic N) is 4. The van der Waals surface area contributed by atoms with Gasteiger partial charge in [0.2, 0.25) is 5.75 Å². The van der Waals surface area contributed by atoms with Crippen LogP contribution in [0.15, 0.2) is 59.2 Å². The van der Waals surface area contributed by atoms with Crippen molar-refractivity contribution in [2.45, 2.75) is 0 Å². The molecule has 0 aliphatic carbocycles. The standard InChI is InChI=1S/C19H14N4O2S/c1-25-17-15(7-6-13-4-2-8-20-10-13)22-19-23(18(17)24)16(12-26-19)14-5-3-9-21-11-14/h2-12H,1H3/b7-6+. The molecule has 4 aromatic rings. The Balaban J connectivity index is 1.87. The number of hydrogen-bond acceptors (Lipinski definition) is 6. The van der Waals surface area contributed by atoms with E-state index in [4.69, 9.17) is 4.74 Å². The maximum absolute atomic E-state index is 13.0. The van der Waals surface area contributed by atoms with Gasteiger partial charge in [0, 0.05) is 35.7 Å². The van der Waals surface area contributed by atoms with Gasteiger partial charge >= 0.3 is 5.56 Å². The van der Waals surface area contributed by atoms with Crippen molar-refractivity contribution in [3.8, 4) is 17.0 Å². The normalized spacial score (nSPS) is 11.3. The Bertz CT molecular complexity index is 1130. The predicted octanol–water partition coefficient (Wildman–Crippen LogP) is 3.39. The Hall–Kier alpha value is -3.32. The predicted molar refractivity (Wildman–Crippen MR) is 102 cm³/mol. The SMILES string of the molecule is COc1c(/C=C/c2cccnc2)nc2scc(-c3cccnc3)n2c1=O. The first kappa shape index (κ1) is 16.2. The monoisotopic (exact) mass is 362 g/mol. The quantitative estimate of drug-likeness (QED) is 0.557. The van der Waals surface area contributed by atoms with Crippen molar-refractivity contribution < 1.29 is 4.74 Å². The summed E-state index contributed by atoms with van der Waals surface area (Å²) in [5.41, 5.74) is 2.75. The molecule has 0 aromatic carbocycles. The first-order valence-corrected chi connectivity index (χ1v) is 8.72. The van der Waals surface area contributed by atoms with Crippen LogP contribution in [0.25, 0.3) is 28.4 Å². The summed E-state index contributed by atoms with van der Waals surface area (Å²) in [6.07, 6.45) is 10.5. The fraction of sp³-hybridized carbons (Fsp3) is 0.0526. The van der Waals surface area contributed by atoms with Crippen molar-refractivity contribution in [2.24, 2.45) is 0 Å². The lowest BCUT2D eigenvalue weighted by Gasteiger charge is -2.06. The molecule has 0 fully saturated rings. The summed E-state index contributed by atoms with van der Waals surface area (Å²) in [5.74, 6) is 0.200. The molecule has 0 aliphatic heterocycles. The van der Waals surface area contributed by atoms with Crippen LogP contribution in [0.5, 0.6) is 5.75 Å². The minimum Gasteiger partial charge on any atom is -0.490 e. The number of rotatable bonds is 4. The molecule has 0 unspecified atom stereocenters. The molecular formula is C19H14N4O2S. The van der Waals surface area contributed by atoms with Crippen molar-refractivity contribution in [1.29, 1.82) is 0 Å². The summed E-state index contributed by atoms with van der Waals surface area (Å²) in [4.78, 5) is 26.4. The van der Waals surface area contributed by atoms with Crippen LogP contribution in [0.2, 0.25) is 0 Å². The first-order chi connectivity index (χ1) is 12.8. The summed E-state index contributed by atoms with van der Waals surface area (Å²) in [6.45, 7) is 0. The van der Waals surface area contributed by atoms with Crippen LogP contribution in [0.3, 0.4) is 0 Å². The second-order valence-electron chi connectivity index (χ2n) is 5.44. The minimum absolute atomic E-state index is 0.200. The minimum atomic E-state index is -0.247. The number of hydrogen-bond donors (Lipinski definition) is 0. The largest absolute Gasteiger partial charge is 0.490 e. The van der Waals surface area contributed by atoms with Crippen LogP contribution in [-0.2, 0) is 0 Å². The van der Waals surface area contributed by atoms with Gasteiger partial charge < -0.3 is 4.74 Å². The van der Waals surface area contributed by atoms with Gasteiger partial charge in [-0.05, 0) is 29.8 Å². The Labute approximate surface area is 153 Å². The number of aromatic nitrogens is 4. The Morgan fingerprint density at radius 1 is 1.12 bits per heavy atom. The molecule has 7 heteroatoms. The number of fused-ring (bicyclic) bond motifs is 1. The van der Waals surface area contributed by atoms with Crippen molar-refractivity contribution in [3.63, 3.8) is 0 Å². The molecule has 4 heterocycles. The van der Waals surface area contributed by atoms with Crippen molar-refractivity contribution in [3.05, 3.63) is 76.0 Å². The van der Waals surface area contributed by atoms with Gasteiger partial charge in [-0.25, -0.2) is 9.38 Å². The Kier molecular flexibility index (Phi) is 4.28. The molecule has 128 valence electrons. The van der Waals surface area contributed by atoms with E-state index in [9.17, 15) is 4.79 Å². The van der Waals surface area contributed by atoms with Crippen LogP contribution in [-0.4, -0.2) is 26.5 Å². The van der Waals surface area contributed by atoms with E-state index in [1.807, 2.05) is 35.7 Å². The van der Waals surface area contributed by atoms with Gasteiger partial charge in [-0.1, -0.05) is 12.1 Å². The summed E-state index contributed by atoms with van der Waals surface area (Å²) < 4.78 is 6.92. The van der Waals surface area contributed by atoms with Gasteiger partial charge in [-0.3, -0.25) is 14.8 Å². The summed E-state index contributed by atoms with van der Waals surface area (Å²) in [6, 6.07) is 7.51. The Morgan fingerprint density at radius 3 is 2.62 bits per heavy atom. The van der Waals surface area contributed by atoms with E-state index >= 15 is 0 Å². The third-order valence-corrected chi connectivity index (χ3v) is 4.66. The number of ether oxygens (including phenoxy) is 1.